The van der Waals surface area contributed by atoms with Gasteiger partial charge in [-0.15, -0.1) is 0 Å². The summed E-state index contributed by atoms with van der Waals surface area (Å²) < 4.78 is 0. The maximum absolute atomic E-state index is 10.2. The molecule has 0 aromatic rings. The molecule has 0 aromatic carbocycles. The van der Waals surface area contributed by atoms with Gasteiger partial charge < -0.3 is 20.6 Å². The fourth-order valence-electron chi connectivity index (χ4n) is 5.05. The number of aliphatic carboxylic acids is 1. The molecule has 0 radical (unpaired) electrons. The van der Waals surface area contributed by atoms with Gasteiger partial charge in [0.15, 0.2) is 0 Å². The quantitative estimate of drug-likeness (QED) is 0.0637. The van der Waals surface area contributed by atoms with Gasteiger partial charge in [0, 0.05) is 19.0 Å². The topological polar surface area (TPSA) is 89.8 Å². The molecule has 0 bridgehead atoms. The average Bonchev–Trinajstić information content (AvgIpc) is 2.93. The number of carbonyl (C=O) groups is 1. The van der Waals surface area contributed by atoms with E-state index in [-0.39, 0.29) is 19.3 Å². The van der Waals surface area contributed by atoms with Crippen LogP contribution >= 0.6 is 0 Å². The molecule has 0 saturated heterocycles. The van der Waals surface area contributed by atoms with E-state index in [1.54, 1.807) is 0 Å². The minimum absolute atomic E-state index is 0.148. The summed E-state index contributed by atoms with van der Waals surface area (Å²) in [5.41, 5.74) is 0. The Morgan fingerprint density at radius 3 is 1.18 bits per heavy atom. The minimum atomic E-state index is -0.659. The van der Waals surface area contributed by atoms with E-state index in [1.165, 1.54) is 148 Å². The monoisotopic (exact) mass is 558 g/mol. The molecule has 0 rings (SSSR count). The van der Waals surface area contributed by atoms with Crippen molar-refractivity contribution in [3.8, 4) is 0 Å². The predicted molar refractivity (Wildman–Crippen MR) is 170 cm³/mol. The molecule has 1 unspecified atom stereocenters. The summed E-state index contributed by atoms with van der Waals surface area (Å²) in [5.74, 6) is -0.659. The molecule has 0 amide bonds. The lowest BCUT2D eigenvalue weighted by Gasteiger charge is -2.15. The van der Waals surface area contributed by atoms with Gasteiger partial charge in [-0.25, -0.2) is 0 Å². The molecule has 39 heavy (non-hydrogen) atoms. The zero-order chi connectivity index (χ0) is 29.1. The third-order valence-corrected chi connectivity index (χ3v) is 7.67. The maximum atomic E-state index is 10.2. The van der Waals surface area contributed by atoms with E-state index in [2.05, 4.69) is 19.2 Å². The van der Waals surface area contributed by atoms with Gasteiger partial charge in [-0.3, -0.25) is 4.79 Å². The third kappa shape index (κ3) is 39.6. The molecular formula is C34H71NO4. The standard InChI is InChI=1S/C22H47NO2.C12H24O2/c1-2-3-4-5-6-7-8-9-10-11-12-13-14-15-16-17-18-22(21-25)23-19-20-24;1-2-3-4-5-6-7-8-9-10-11-12(13)14/h22-25H,2-21H2,1H3;2-11H2,1H3,(H,13,14). The van der Waals surface area contributed by atoms with Gasteiger partial charge in [0.25, 0.3) is 0 Å². The van der Waals surface area contributed by atoms with Gasteiger partial charge in [-0.05, 0) is 12.8 Å². The van der Waals surface area contributed by atoms with Crippen LogP contribution in [-0.2, 0) is 4.79 Å². The van der Waals surface area contributed by atoms with E-state index >= 15 is 0 Å². The van der Waals surface area contributed by atoms with Gasteiger partial charge in [0.2, 0.25) is 0 Å². The van der Waals surface area contributed by atoms with Crippen LogP contribution in [0.15, 0.2) is 0 Å². The van der Waals surface area contributed by atoms with Gasteiger partial charge in [0.05, 0.1) is 13.2 Å². The highest BCUT2D eigenvalue weighted by Crippen LogP contribution is 2.14. The largest absolute Gasteiger partial charge is 0.481 e. The number of rotatable bonds is 31. The molecule has 5 heteroatoms. The minimum Gasteiger partial charge on any atom is -0.481 e. The molecule has 0 aliphatic carbocycles. The van der Waals surface area contributed by atoms with E-state index in [0.717, 1.165) is 19.3 Å². The van der Waals surface area contributed by atoms with Crippen LogP contribution in [0.4, 0.5) is 0 Å². The van der Waals surface area contributed by atoms with Crippen molar-refractivity contribution in [3.05, 3.63) is 0 Å². The highest BCUT2D eigenvalue weighted by molar-refractivity contribution is 5.66. The van der Waals surface area contributed by atoms with E-state index in [0.29, 0.717) is 13.0 Å². The predicted octanol–water partition coefficient (Wildman–Crippen LogP) is 9.57. The fourth-order valence-corrected chi connectivity index (χ4v) is 5.05. The number of aliphatic hydroxyl groups excluding tert-OH is 2. The normalized spacial score (nSPS) is 11.8. The van der Waals surface area contributed by atoms with E-state index in [9.17, 15) is 9.90 Å². The van der Waals surface area contributed by atoms with Crippen molar-refractivity contribution in [2.24, 2.45) is 0 Å². The first-order chi connectivity index (χ1) is 19.1. The Hall–Kier alpha value is -0.650. The van der Waals surface area contributed by atoms with Crippen LogP contribution in [0.1, 0.15) is 187 Å². The Morgan fingerprint density at radius 2 is 0.872 bits per heavy atom. The molecule has 0 aliphatic heterocycles. The highest BCUT2D eigenvalue weighted by atomic mass is 16.4. The highest BCUT2D eigenvalue weighted by Gasteiger charge is 2.05. The summed E-state index contributed by atoms with van der Waals surface area (Å²) in [6.45, 7) is 5.43. The average molecular weight is 558 g/mol. The van der Waals surface area contributed by atoms with Crippen molar-refractivity contribution in [2.75, 3.05) is 19.8 Å². The number of hydrogen-bond acceptors (Lipinski definition) is 4. The second-order valence-corrected chi connectivity index (χ2v) is 11.6. The van der Waals surface area contributed by atoms with Gasteiger partial charge in [-0.1, -0.05) is 168 Å². The Bertz CT molecular complexity index is 447. The molecular weight excluding hydrogens is 486 g/mol. The van der Waals surface area contributed by atoms with Crippen molar-refractivity contribution in [1.82, 2.24) is 5.32 Å². The summed E-state index contributed by atoms with van der Waals surface area (Å²) in [4.78, 5) is 10.2. The number of carboxylic acid groups (broad SMARTS) is 1. The third-order valence-electron chi connectivity index (χ3n) is 7.67. The summed E-state index contributed by atoms with van der Waals surface area (Å²) in [7, 11) is 0. The fraction of sp³-hybridized carbons (Fsp3) is 0.971. The van der Waals surface area contributed by atoms with E-state index in [1.807, 2.05) is 0 Å². The van der Waals surface area contributed by atoms with Crippen LogP contribution in [0.25, 0.3) is 0 Å². The molecule has 0 aliphatic rings. The lowest BCUT2D eigenvalue weighted by atomic mass is 10.0. The molecule has 0 heterocycles. The molecule has 1 atom stereocenters. The number of hydrogen-bond donors (Lipinski definition) is 4. The molecule has 0 saturated carbocycles. The zero-order valence-electron chi connectivity index (χ0n) is 26.5. The first-order valence-corrected chi connectivity index (χ1v) is 17.3. The van der Waals surface area contributed by atoms with Crippen molar-refractivity contribution >= 4 is 5.97 Å². The van der Waals surface area contributed by atoms with Gasteiger partial charge in [0.1, 0.15) is 0 Å². The SMILES string of the molecule is CCCCCCCCCCCC(=O)O.CCCCCCCCCCCCCCCCCCC(CO)NCCO. The van der Waals surface area contributed by atoms with Gasteiger partial charge >= 0.3 is 5.97 Å². The second-order valence-electron chi connectivity index (χ2n) is 11.6. The van der Waals surface area contributed by atoms with E-state index < -0.39 is 5.97 Å². The van der Waals surface area contributed by atoms with Crippen LogP contribution in [0.3, 0.4) is 0 Å². The number of nitrogens with one attached hydrogen (secondary N) is 1. The number of carboxylic acids is 1. The van der Waals surface area contributed by atoms with Crippen molar-refractivity contribution in [2.45, 2.75) is 193 Å². The molecule has 4 N–H and O–H groups in total. The first kappa shape index (κ1) is 40.5. The lowest BCUT2D eigenvalue weighted by Crippen LogP contribution is -2.34. The van der Waals surface area contributed by atoms with E-state index in [4.69, 9.17) is 10.2 Å². The lowest BCUT2D eigenvalue weighted by molar-refractivity contribution is -0.137. The van der Waals surface area contributed by atoms with Crippen LogP contribution in [0.5, 0.6) is 0 Å². The Morgan fingerprint density at radius 1 is 0.538 bits per heavy atom. The maximum Gasteiger partial charge on any atom is 0.303 e. The summed E-state index contributed by atoms with van der Waals surface area (Å²) in [6, 6.07) is 0.166. The summed E-state index contributed by atoms with van der Waals surface area (Å²) in [5, 5.41) is 29.6. The summed E-state index contributed by atoms with van der Waals surface area (Å²) in [6.07, 6.45) is 34.8. The number of aliphatic hydroxyl groups is 2. The Balaban J connectivity index is 0. The van der Waals surface area contributed by atoms with Crippen molar-refractivity contribution in [1.29, 1.82) is 0 Å². The smallest absolute Gasteiger partial charge is 0.303 e. The summed E-state index contributed by atoms with van der Waals surface area (Å²) >= 11 is 0. The molecule has 0 fully saturated rings. The molecule has 0 aromatic heterocycles. The van der Waals surface area contributed by atoms with Crippen LogP contribution in [0.2, 0.25) is 0 Å². The van der Waals surface area contributed by atoms with Crippen LogP contribution in [-0.4, -0.2) is 47.1 Å². The first-order valence-electron chi connectivity index (χ1n) is 17.3. The Labute approximate surface area is 244 Å². The van der Waals surface area contributed by atoms with Crippen molar-refractivity contribution < 1.29 is 20.1 Å². The zero-order valence-corrected chi connectivity index (χ0v) is 26.5. The molecule has 0 spiro atoms. The molecule has 5 nitrogen and oxygen atoms in total. The van der Waals surface area contributed by atoms with Crippen LogP contribution in [0, 0.1) is 0 Å². The Kier molecular flexibility index (Phi) is 38.8. The van der Waals surface area contributed by atoms with Gasteiger partial charge in [-0.2, -0.15) is 0 Å². The van der Waals surface area contributed by atoms with Crippen LogP contribution < -0.4 is 5.32 Å². The van der Waals surface area contributed by atoms with Crippen molar-refractivity contribution in [3.63, 3.8) is 0 Å². The molecule has 236 valence electrons. The second kappa shape index (κ2) is 37.4. The number of unbranched alkanes of at least 4 members (excludes halogenated alkanes) is 23.